The van der Waals surface area contributed by atoms with Crippen LogP contribution in [-0.2, 0) is 4.79 Å². The Morgan fingerprint density at radius 1 is 1.32 bits per heavy atom. The number of carbonyl (C=O) groups excluding carboxylic acids is 1. The Morgan fingerprint density at radius 2 is 2.18 bits per heavy atom. The lowest BCUT2D eigenvalue weighted by atomic mass is 9.98. The molecule has 0 saturated carbocycles. The molecule has 0 aliphatic carbocycles. The molecule has 3 aromatic rings. The van der Waals surface area contributed by atoms with E-state index in [0.717, 1.165) is 47.0 Å². The first kappa shape index (κ1) is 19.4. The molecule has 0 unspecified atom stereocenters. The van der Waals surface area contributed by atoms with Crippen molar-refractivity contribution in [2.24, 2.45) is 0 Å². The molecule has 1 aliphatic rings. The summed E-state index contributed by atoms with van der Waals surface area (Å²) >= 11 is 7.85. The molecule has 4 nitrogen and oxygen atoms in total. The van der Waals surface area contributed by atoms with Gasteiger partial charge in [-0.3, -0.25) is 4.79 Å². The highest BCUT2D eigenvalue weighted by Gasteiger charge is 2.27. The molecular formula is C22H25ClN3OS+. The summed E-state index contributed by atoms with van der Waals surface area (Å²) in [6.45, 7) is 4.19. The zero-order chi connectivity index (χ0) is 19.5. The maximum Gasteiger partial charge on any atom is 0.277 e. The molecule has 28 heavy (non-hydrogen) atoms. The normalized spacial score (nSPS) is 18.4. The van der Waals surface area contributed by atoms with E-state index >= 15 is 0 Å². The van der Waals surface area contributed by atoms with Gasteiger partial charge in [-0.2, -0.15) is 0 Å². The molecule has 6 heteroatoms. The monoisotopic (exact) mass is 414 g/mol. The molecule has 2 N–H and O–H groups in total. The van der Waals surface area contributed by atoms with E-state index in [9.17, 15) is 4.79 Å². The number of piperidine rings is 1. The van der Waals surface area contributed by atoms with Crippen LogP contribution in [0.2, 0.25) is 5.02 Å². The summed E-state index contributed by atoms with van der Waals surface area (Å²) in [6.07, 6.45) is 2.14. The van der Waals surface area contributed by atoms with Crippen molar-refractivity contribution in [1.82, 2.24) is 9.88 Å². The summed E-state index contributed by atoms with van der Waals surface area (Å²) in [6, 6.07) is 16.3. The third-order valence-electron chi connectivity index (χ3n) is 5.45. The van der Waals surface area contributed by atoms with Gasteiger partial charge in [0.2, 0.25) is 0 Å². The zero-order valence-corrected chi connectivity index (χ0v) is 17.5. The van der Waals surface area contributed by atoms with Crippen molar-refractivity contribution in [3.05, 3.63) is 64.1 Å². The number of carbonyl (C=O) groups is 1. The number of nitrogens with zero attached hydrogens (tertiary/aromatic N) is 2. The van der Waals surface area contributed by atoms with Gasteiger partial charge < -0.3 is 10.2 Å². The van der Waals surface area contributed by atoms with Gasteiger partial charge in [-0.1, -0.05) is 35.9 Å². The van der Waals surface area contributed by atoms with Crippen molar-refractivity contribution in [2.45, 2.75) is 31.7 Å². The number of halogens is 1. The Kier molecular flexibility index (Phi) is 5.95. The molecule has 0 spiro atoms. The summed E-state index contributed by atoms with van der Waals surface area (Å²) in [4.78, 5) is 19.6. The van der Waals surface area contributed by atoms with Crippen molar-refractivity contribution in [1.29, 1.82) is 0 Å². The predicted molar refractivity (Wildman–Crippen MR) is 115 cm³/mol. The van der Waals surface area contributed by atoms with E-state index in [-0.39, 0.29) is 11.9 Å². The fraction of sp³-hybridized carbons (Fsp3) is 0.364. The first-order valence-electron chi connectivity index (χ1n) is 9.82. The highest BCUT2D eigenvalue weighted by Crippen LogP contribution is 2.32. The highest BCUT2D eigenvalue weighted by atomic mass is 35.5. The van der Waals surface area contributed by atoms with E-state index < -0.39 is 0 Å². The summed E-state index contributed by atoms with van der Waals surface area (Å²) in [5.74, 6) is 0.556. The Balaban J connectivity index is 1.36. The number of hydrogen-bond donors (Lipinski definition) is 1. The Bertz CT molecular complexity index is 940. The van der Waals surface area contributed by atoms with Gasteiger partial charge in [0.1, 0.15) is 6.04 Å². The molecular weight excluding hydrogens is 390 g/mol. The van der Waals surface area contributed by atoms with Crippen molar-refractivity contribution in [3.63, 3.8) is 0 Å². The van der Waals surface area contributed by atoms with Crippen LogP contribution in [0, 0.1) is 0 Å². The molecule has 1 aromatic heterocycles. The van der Waals surface area contributed by atoms with Crippen LogP contribution in [0.15, 0.2) is 48.5 Å². The number of fused-ring (bicyclic) bond motifs is 1. The summed E-state index contributed by atoms with van der Waals surface area (Å²) in [5.41, 5.74) is 2.21. The van der Waals surface area contributed by atoms with E-state index in [2.05, 4.69) is 36.5 Å². The molecule has 1 fully saturated rings. The average Bonchev–Trinajstić information content (AvgIpc) is 3.16. The predicted octanol–water partition coefficient (Wildman–Crippen LogP) is 3.98. The van der Waals surface area contributed by atoms with Crippen LogP contribution in [0.1, 0.15) is 42.3 Å². The maximum absolute atomic E-state index is 12.8. The maximum atomic E-state index is 12.8. The van der Waals surface area contributed by atoms with Gasteiger partial charge in [0, 0.05) is 29.6 Å². The minimum atomic E-state index is 0.201. The van der Waals surface area contributed by atoms with Crippen molar-refractivity contribution in [2.75, 3.05) is 19.6 Å². The molecule has 2 aromatic carbocycles. The number of thiazole rings is 1. The second kappa shape index (κ2) is 8.60. The van der Waals surface area contributed by atoms with E-state index in [0.29, 0.717) is 12.5 Å². The molecule has 1 amide bonds. The Hall–Kier alpha value is -1.95. The van der Waals surface area contributed by atoms with Gasteiger partial charge in [-0.25, -0.2) is 4.98 Å². The van der Waals surface area contributed by atoms with Gasteiger partial charge in [-0.15, -0.1) is 11.3 Å². The second-order valence-corrected chi connectivity index (χ2v) is 8.98. The van der Waals surface area contributed by atoms with Crippen LogP contribution in [0.3, 0.4) is 0 Å². The van der Waals surface area contributed by atoms with E-state index in [4.69, 9.17) is 16.6 Å². The largest absolute Gasteiger partial charge is 0.337 e. The van der Waals surface area contributed by atoms with Gasteiger partial charge in [0.15, 0.2) is 6.54 Å². The number of benzene rings is 2. The average molecular weight is 415 g/mol. The minimum absolute atomic E-state index is 0.201. The molecule has 2 heterocycles. The molecule has 1 aliphatic heterocycles. The number of hydrogen-bond acceptors (Lipinski definition) is 3. The van der Waals surface area contributed by atoms with E-state index in [1.165, 1.54) is 4.70 Å². The Morgan fingerprint density at radius 3 is 3.00 bits per heavy atom. The molecule has 146 valence electrons. The molecule has 0 radical (unpaired) electrons. The van der Waals surface area contributed by atoms with E-state index in [1.54, 1.807) is 11.3 Å². The van der Waals surface area contributed by atoms with Crippen LogP contribution >= 0.6 is 22.9 Å². The minimum Gasteiger partial charge on any atom is -0.337 e. The summed E-state index contributed by atoms with van der Waals surface area (Å²) in [5, 5.41) is 3.99. The lowest BCUT2D eigenvalue weighted by molar-refractivity contribution is -0.683. The van der Waals surface area contributed by atoms with Crippen molar-refractivity contribution >= 4 is 39.1 Å². The Labute approximate surface area is 174 Å². The molecule has 4 rings (SSSR count). The smallest absolute Gasteiger partial charge is 0.277 e. The first-order valence-corrected chi connectivity index (χ1v) is 11.0. The lowest BCUT2D eigenvalue weighted by Gasteiger charge is -2.31. The highest BCUT2D eigenvalue weighted by molar-refractivity contribution is 7.18. The number of rotatable bonds is 5. The SMILES string of the molecule is C[C@@H]([NH2+]CC(=O)N1CCC[C@H](c2nc3ccccc3s2)C1)c1cccc(Cl)c1. The van der Waals surface area contributed by atoms with Crippen molar-refractivity contribution < 1.29 is 10.1 Å². The fourth-order valence-electron chi connectivity index (χ4n) is 3.80. The van der Waals surface area contributed by atoms with Crippen molar-refractivity contribution in [3.8, 4) is 0 Å². The number of amides is 1. The number of quaternary nitrogens is 1. The van der Waals surface area contributed by atoms with Gasteiger partial charge in [0.25, 0.3) is 5.91 Å². The fourth-order valence-corrected chi connectivity index (χ4v) is 5.09. The van der Waals surface area contributed by atoms with Crippen LogP contribution in [0.4, 0.5) is 0 Å². The lowest BCUT2D eigenvalue weighted by Crippen LogP contribution is -2.87. The van der Waals surface area contributed by atoms with Crippen LogP contribution in [0.25, 0.3) is 10.2 Å². The van der Waals surface area contributed by atoms with Crippen LogP contribution < -0.4 is 5.32 Å². The van der Waals surface area contributed by atoms with Crippen LogP contribution in [-0.4, -0.2) is 35.4 Å². The number of nitrogens with two attached hydrogens (primary N) is 1. The van der Waals surface area contributed by atoms with Gasteiger partial charge in [-0.05, 0) is 44.0 Å². The summed E-state index contributed by atoms with van der Waals surface area (Å²) in [7, 11) is 0. The molecule has 2 atom stereocenters. The zero-order valence-electron chi connectivity index (χ0n) is 16.0. The quantitative estimate of drug-likeness (QED) is 0.686. The molecule has 1 saturated heterocycles. The standard InChI is InChI=1S/C22H24ClN3OS/c1-15(16-6-4-8-18(23)12-16)24-13-21(27)26-11-5-7-17(14-26)22-25-19-9-2-3-10-20(19)28-22/h2-4,6,8-10,12,15,17,24H,5,7,11,13-14H2,1H3/p+1/t15-,17+/m1/s1. The number of para-hydroxylation sites is 1. The van der Waals surface area contributed by atoms with Crippen LogP contribution in [0.5, 0.6) is 0 Å². The first-order chi connectivity index (χ1) is 13.6. The number of likely N-dealkylation sites (tertiary alicyclic amines) is 1. The second-order valence-electron chi connectivity index (χ2n) is 7.48. The topological polar surface area (TPSA) is 49.8 Å². The summed E-state index contributed by atoms with van der Waals surface area (Å²) < 4.78 is 1.23. The number of aromatic nitrogens is 1. The third kappa shape index (κ3) is 4.37. The van der Waals surface area contributed by atoms with Gasteiger partial charge in [0.05, 0.1) is 15.2 Å². The third-order valence-corrected chi connectivity index (χ3v) is 6.89. The van der Waals surface area contributed by atoms with E-state index in [1.807, 2.05) is 29.2 Å². The molecule has 0 bridgehead atoms. The van der Waals surface area contributed by atoms with Gasteiger partial charge >= 0.3 is 0 Å².